The fourth-order valence-electron chi connectivity index (χ4n) is 5.77. The maximum Gasteiger partial charge on any atom is 0.419 e. The van der Waals surface area contributed by atoms with Crippen LogP contribution in [0.3, 0.4) is 0 Å². The van der Waals surface area contributed by atoms with E-state index in [-0.39, 0.29) is 16.8 Å². The van der Waals surface area contributed by atoms with E-state index in [0.29, 0.717) is 50.0 Å². The normalized spacial score (nSPS) is 19.4. The lowest BCUT2D eigenvalue weighted by Crippen LogP contribution is -2.55. The van der Waals surface area contributed by atoms with E-state index in [9.17, 15) is 27.9 Å². The predicted octanol–water partition coefficient (Wildman–Crippen LogP) is 4.70. The number of amides is 2. The Kier molecular flexibility index (Phi) is 5.95. The number of aromatic nitrogens is 3. The Morgan fingerprint density at radius 2 is 1.90 bits per heavy atom. The van der Waals surface area contributed by atoms with Crippen molar-refractivity contribution in [2.24, 2.45) is 0 Å². The van der Waals surface area contributed by atoms with Crippen LogP contribution in [0, 0.1) is 11.3 Å². The van der Waals surface area contributed by atoms with Gasteiger partial charge in [-0.05, 0) is 68.6 Å². The van der Waals surface area contributed by atoms with Crippen LogP contribution in [0.1, 0.15) is 49.4 Å². The Balaban J connectivity index is 1.34. The highest BCUT2D eigenvalue weighted by Crippen LogP contribution is 2.48. The lowest BCUT2D eigenvalue weighted by atomic mass is 9.75. The molecule has 10 nitrogen and oxygen atoms in total. The first-order valence-corrected chi connectivity index (χ1v) is 13.1. The first-order chi connectivity index (χ1) is 19.0. The van der Waals surface area contributed by atoms with E-state index < -0.39 is 35.0 Å². The fourth-order valence-corrected chi connectivity index (χ4v) is 6.24. The minimum absolute atomic E-state index is 0.0390. The molecule has 2 saturated heterocycles. The molecule has 0 unspecified atom stereocenters. The summed E-state index contributed by atoms with van der Waals surface area (Å²) in [6.07, 6.45) is 0.173. The van der Waals surface area contributed by atoms with Crippen molar-refractivity contribution in [1.29, 1.82) is 5.26 Å². The number of carbonyl (C=O) groups is 2. The number of halogens is 3. The van der Waals surface area contributed by atoms with Crippen molar-refractivity contribution in [3.8, 4) is 6.07 Å². The number of pyridine rings is 1. The smallest absolute Gasteiger partial charge is 0.419 e. The lowest BCUT2D eigenvalue weighted by Gasteiger charge is -2.43. The van der Waals surface area contributed by atoms with Gasteiger partial charge in [-0.3, -0.25) is 14.4 Å². The van der Waals surface area contributed by atoms with Crippen LogP contribution in [0.2, 0.25) is 0 Å². The number of fused-ring (bicyclic) bond motifs is 1. The van der Waals surface area contributed by atoms with Crippen LogP contribution in [-0.4, -0.2) is 60.5 Å². The number of likely N-dealkylation sites (tertiary alicyclic amines) is 1. The third-order valence-corrected chi connectivity index (χ3v) is 8.37. The molecular formula is C26H22F3N7O3S. The molecule has 6 rings (SSSR count). The van der Waals surface area contributed by atoms with Crippen LogP contribution in [0.15, 0.2) is 36.7 Å². The molecule has 0 bridgehead atoms. The van der Waals surface area contributed by atoms with Crippen molar-refractivity contribution in [2.75, 3.05) is 22.9 Å². The van der Waals surface area contributed by atoms with E-state index >= 15 is 0 Å². The molecule has 1 aromatic carbocycles. The van der Waals surface area contributed by atoms with E-state index in [0.717, 1.165) is 29.0 Å². The second kappa shape index (κ2) is 9.16. The fraction of sp³-hybridized carbons (Fsp3) is 0.385. The van der Waals surface area contributed by atoms with Gasteiger partial charge in [0.2, 0.25) is 0 Å². The molecule has 40 heavy (non-hydrogen) atoms. The summed E-state index contributed by atoms with van der Waals surface area (Å²) in [7, 11) is 0. The number of carboxylic acid groups (broad SMARTS) is 1. The summed E-state index contributed by atoms with van der Waals surface area (Å²) in [4.78, 5) is 32.8. The van der Waals surface area contributed by atoms with Crippen LogP contribution in [0.4, 0.5) is 29.3 Å². The molecular weight excluding hydrogens is 547 g/mol. The van der Waals surface area contributed by atoms with Gasteiger partial charge in [-0.25, -0.2) is 9.78 Å². The van der Waals surface area contributed by atoms with E-state index in [1.54, 1.807) is 17.0 Å². The largest absolute Gasteiger partial charge is 0.465 e. The molecule has 3 fully saturated rings. The first kappa shape index (κ1) is 26.0. The Morgan fingerprint density at radius 1 is 1.18 bits per heavy atom. The molecule has 1 N–H and O–H groups in total. The molecule has 1 spiro atoms. The molecule has 2 amide bonds. The van der Waals surface area contributed by atoms with Crippen LogP contribution < -0.4 is 9.80 Å². The third-order valence-electron chi connectivity index (χ3n) is 8.01. The summed E-state index contributed by atoms with van der Waals surface area (Å²) >= 11 is 5.70. The Bertz CT molecular complexity index is 1600. The number of piperidine rings is 1. The number of rotatable bonds is 3. The molecule has 2 aromatic heterocycles. The topological polar surface area (TPSA) is 119 Å². The standard InChI is InChI=1S/C26H22F3N7O3S/c27-26(28,29)19-11-18(13-31-21(19)12-30)35-22(37)25(6-1-7-25)36(23(35)40)17-2-3-20-15(10-17)14-34(32-20)16-4-8-33(9-5-16)24(38)39/h2-3,10-11,13-14,16H,1,4-9H2,(H,38,39). The number of alkyl halides is 3. The number of benzene rings is 1. The van der Waals surface area contributed by atoms with E-state index in [1.807, 2.05) is 16.9 Å². The molecule has 1 aliphatic carbocycles. The first-order valence-electron chi connectivity index (χ1n) is 12.7. The van der Waals surface area contributed by atoms with Gasteiger partial charge in [0, 0.05) is 30.4 Å². The Hall–Kier alpha value is -4.25. The average molecular weight is 570 g/mol. The number of carbonyl (C=O) groups excluding carboxylic acids is 1. The van der Waals surface area contributed by atoms with Gasteiger partial charge >= 0.3 is 12.3 Å². The van der Waals surface area contributed by atoms with Crippen molar-refractivity contribution in [3.63, 3.8) is 0 Å². The molecule has 14 heteroatoms. The number of hydrogen-bond acceptors (Lipinski definition) is 6. The summed E-state index contributed by atoms with van der Waals surface area (Å²) in [5.41, 5.74) is -1.84. The van der Waals surface area contributed by atoms with Crippen molar-refractivity contribution >= 4 is 51.6 Å². The molecule has 2 aliphatic heterocycles. The van der Waals surface area contributed by atoms with E-state index in [2.05, 4.69) is 10.1 Å². The minimum atomic E-state index is -4.83. The van der Waals surface area contributed by atoms with E-state index in [1.165, 1.54) is 11.0 Å². The SMILES string of the molecule is N#Cc1ncc(N2C(=O)C3(CCC3)N(c3ccc4nn(C5CCN(C(=O)O)CC5)cc4c3)C2=S)cc1C(F)(F)F. The molecule has 206 valence electrons. The number of anilines is 2. The minimum Gasteiger partial charge on any atom is -0.465 e. The highest BCUT2D eigenvalue weighted by atomic mass is 32.1. The summed E-state index contributed by atoms with van der Waals surface area (Å²) in [6.45, 7) is 0.842. The zero-order chi connectivity index (χ0) is 28.4. The predicted molar refractivity (Wildman–Crippen MR) is 141 cm³/mol. The number of hydrogen-bond donors (Lipinski definition) is 1. The second-order valence-electron chi connectivity index (χ2n) is 10.2. The molecule has 3 aliphatic rings. The van der Waals surface area contributed by atoms with E-state index in [4.69, 9.17) is 17.5 Å². The second-order valence-corrected chi connectivity index (χ2v) is 10.6. The molecule has 0 atom stereocenters. The van der Waals surface area contributed by atoms with Gasteiger partial charge < -0.3 is 14.9 Å². The summed E-state index contributed by atoms with van der Waals surface area (Å²) in [5.74, 6) is -0.427. The maximum absolute atomic E-state index is 13.7. The quantitative estimate of drug-likeness (QED) is 0.451. The molecule has 1 saturated carbocycles. The Labute approximate surface area is 231 Å². The van der Waals surface area contributed by atoms with Crippen molar-refractivity contribution in [1.82, 2.24) is 19.7 Å². The van der Waals surface area contributed by atoms with Crippen molar-refractivity contribution in [3.05, 3.63) is 47.9 Å². The van der Waals surface area contributed by atoms with Crippen LogP contribution in [0.5, 0.6) is 0 Å². The number of thiocarbonyl (C=S) groups is 1. The summed E-state index contributed by atoms with van der Waals surface area (Å²) < 4.78 is 42.7. The van der Waals surface area contributed by atoms with Gasteiger partial charge in [-0.15, -0.1) is 0 Å². The van der Waals surface area contributed by atoms with Gasteiger partial charge in [0.05, 0.1) is 29.0 Å². The summed E-state index contributed by atoms with van der Waals surface area (Å²) in [6, 6.07) is 7.68. The Morgan fingerprint density at radius 3 is 2.50 bits per heavy atom. The lowest BCUT2D eigenvalue weighted by molar-refractivity contribution is -0.138. The van der Waals surface area contributed by atoms with Crippen LogP contribution >= 0.6 is 12.2 Å². The molecule has 4 heterocycles. The van der Waals surface area contributed by atoms with Gasteiger partial charge in [0.1, 0.15) is 11.6 Å². The number of nitrogens with zero attached hydrogens (tertiary/aromatic N) is 7. The summed E-state index contributed by atoms with van der Waals surface area (Å²) in [5, 5.41) is 23.8. The highest BCUT2D eigenvalue weighted by molar-refractivity contribution is 7.81. The zero-order valence-corrected chi connectivity index (χ0v) is 21.7. The van der Waals surface area contributed by atoms with Gasteiger partial charge in [0.15, 0.2) is 10.8 Å². The zero-order valence-electron chi connectivity index (χ0n) is 20.9. The monoisotopic (exact) mass is 569 g/mol. The molecule has 3 aromatic rings. The van der Waals surface area contributed by atoms with Gasteiger partial charge in [-0.2, -0.15) is 23.5 Å². The maximum atomic E-state index is 13.7. The van der Waals surface area contributed by atoms with Crippen molar-refractivity contribution in [2.45, 2.75) is 49.9 Å². The highest BCUT2D eigenvalue weighted by Gasteiger charge is 2.59. The van der Waals surface area contributed by atoms with Crippen LogP contribution in [0.25, 0.3) is 10.9 Å². The van der Waals surface area contributed by atoms with Gasteiger partial charge in [0.25, 0.3) is 5.91 Å². The third kappa shape index (κ3) is 3.95. The van der Waals surface area contributed by atoms with Crippen molar-refractivity contribution < 1.29 is 27.9 Å². The average Bonchev–Trinajstić information content (AvgIpc) is 3.43. The van der Waals surface area contributed by atoms with Gasteiger partial charge in [-0.1, -0.05) is 0 Å². The number of nitriles is 1. The van der Waals surface area contributed by atoms with Crippen LogP contribution in [-0.2, 0) is 11.0 Å². The molecule has 0 radical (unpaired) electrons.